The smallest absolute Gasteiger partial charge is 0.205 e. The zero-order valence-corrected chi connectivity index (χ0v) is 12.0. The van der Waals surface area contributed by atoms with Gasteiger partial charge in [0.25, 0.3) is 0 Å². The first-order valence-corrected chi connectivity index (χ1v) is 7.41. The fourth-order valence-corrected chi connectivity index (χ4v) is 2.63. The van der Waals surface area contributed by atoms with E-state index in [2.05, 4.69) is 4.98 Å². The van der Waals surface area contributed by atoms with E-state index < -0.39 is 0 Å². The number of nitrogens with two attached hydrogens (primary N) is 1. The molecule has 0 amide bonds. The number of rotatable bonds is 2. The molecule has 0 aliphatic carbocycles. The minimum absolute atomic E-state index is 0.264. The number of thioether (sulfide) groups is 1. The molecule has 1 heterocycles. The molecule has 0 aliphatic heterocycles. The Labute approximate surface area is 120 Å². The highest BCUT2D eigenvalue weighted by Gasteiger charge is 2.12. The molecule has 0 radical (unpaired) electrons. The maximum Gasteiger partial charge on any atom is 0.205 e. The number of imidazole rings is 1. The Kier molecular flexibility index (Phi) is 3.14. The third kappa shape index (κ3) is 2.04. The molecule has 1 aromatic heterocycles. The lowest BCUT2D eigenvalue weighted by atomic mass is 10.2. The number of nitrogen functional groups attached to an aromatic ring is 1. The van der Waals surface area contributed by atoms with Crippen molar-refractivity contribution in [3.8, 4) is 5.69 Å². The second-order valence-corrected chi connectivity index (χ2v) is 5.47. The van der Waals surface area contributed by atoms with E-state index in [4.69, 9.17) is 5.73 Å². The van der Waals surface area contributed by atoms with E-state index in [0.717, 1.165) is 11.2 Å². The van der Waals surface area contributed by atoms with Crippen LogP contribution in [0.25, 0.3) is 16.7 Å². The highest BCUT2D eigenvalue weighted by Crippen LogP contribution is 2.26. The van der Waals surface area contributed by atoms with Crippen molar-refractivity contribution in [3.05, 3.63) is 47.8 Å². The van der Waals surface area contributed by atoms with Gasteiger partial charge in [0.15, 0.2) is 0 Å². The third-order valence-corrected chi connectivity index (χ3v) is 4.04. The van der Waals surface area contributed by atoms with Gasteiger partial charge in [-0.2, -0.15) is 0 Å². The molecule has 2 aromatic carbocycles. The van der Waals surface area contributed by atoms with E-state index >= 15 is 0 Å². The molecule has 5 heteroatoms. The third-order valence-electron chi connectivity index (χ3n) is 3.29. The summed E-state index contributed by atoms with van der Waals surface area (Å²) in [6.45, 7) is 1.74. The summed E-state index contributed by atoms with van der Waals surface area (Å²) in [4.78, 5) is 5.41. The number of nitrogens with zero attached hydrogens (tertiary/aromatic N) is 2. The van der Waals surface area contributed by atoms with Crippen LogP contribution in [0.15, 0.2) is 41.3 Å². The van der Waals surface area contributed by atoms with Crippen molar-refractivity contribution in [1.82, 2.24) is 9.55 Å². The molecule has 3 nitrogen and oxygen atoms in total. The normalized spacial score (nSPS) is 11.2. The fraction of sp³-hybridized carbons (Fsp3) is 0.133. The summed E-state index contributed by atoms with van der Waals surface area (Å²) in [5.74, 6) is 0.0989. The molecular weight excluding hydrogens is 273 g/mol. The van der Waals surface area contributed by atoms with Crippen LogP contribution >= 0.6 is 11.8 Å². The van der Waals surface area contributed by atoms with Crippen molar-refractivity contribution >= 4 is 28.7 Å². The molecule has 0 saturated heterocycles. The zero-order valence-electron chi connectivity index (χ0n) is 11.2. The minimum atomic E-state index is -0.264. The van der Waals surface area contributed by atoms with Gasteiger partial charge in [-0.25, -0.2) is 9.37 Å². The molecule has 3 aromatic rings. The molecule has 102 valence electrons. The monoisotopic (exact) mass is 287 g/mol. The lowest BCUT2D eigenvalue weighted by Gasteiger charge is -2.07. The van der Waals surface area contributed by atoms with E-state index in [-0.39, 0.29) is 5.82 Å². The van der Waals surface area contributed by atoms with Gasteiger partial charge < -0.3 is 5.73 Å². The predicted molar refractivity (Wildman–Crippen MR) is 82.0 cm³/mol. The molecule has 3 rings (SSSR count). The second kappa shape index (κ2) is 4.83. The van der Waals surface area contributed by atoms with Crippen LogP contribution in [0.5, 0.6) is 0 Å². The Morgan fingerprint density at radius 1 is 1.20 bits per heavy atom. The van der Waals surface area contributed by atoms with Gasteiger partial charge >= 0.3 is 0 Å². The van der Waals surface area contributed by atoms with Gasteiger partial charge in [0.1, 0.15) is 5.82 Å². The molecule has 0 bridgehead atoms. The van der Waals surface area contributed by atoms with Crippen LogP contribution in [0.3, 0.4) is 0 Å². The lowest BCUT2D eigenvalue weighted by Crippen LogP contribution is -2.00. The summed E-state index contributed by atoms with van der Waals surface area (Å²) in [5, 5.41) is 0. The largest absolute Gasteiger partial charge is 0.369 e. The number of aryl methyl sites for hydroxylation is 1. The maximum atomic E-state index is 13.6. The summed E-state index contributed by atoms with van der Waals surface area (Å²) in [7, 11) is 0. The van der Waals surface area contributed by atoms with E-state index in [0.29, 0.717) is 17.0 Å². The highest BCUT2D eigenvalue weighted by molar-refractivity contribution is 7.98. The first-order valence-electron chi connectivity index (χ1n) is 6.18. The maximum absolute atomic E-state index is 13.6. The Morgan fingerprint density at radius 3 is 2.55 bits per heavy atom. The van der Waals surface area contributed by atoms with E-state index in [1.165, 1.54) is 11.0 Å². The van der Waals surface area contributed by atoms with Crippen LogP contribution in [-0.4, -0.2) is 15.8 Å². The summed E-state index contributed by atoms with van der Waals surface area (Å²) in [5.41, 5.74) is 8.87. The van der Waals surface area contributed by atoms with Gasteiger partial charge in [0, 0.05) is 16.6 Å². The van der Waals surface area contributed by atoms with Crippen molar-refractivity contribution in [3.63, 3.8) is 0 Å². The van der Waals surface area contributed by atoms with Crippen molar-refractivity contribution < 1.29 is 4.39 Å². The number of hydrogen-bond acceptors (Lipinski definition) is 3. The standard InChI is InChI=1S/C15H14FN3S/c1-9-7-14-13(8-12(9)16)18-15(17)19(14)10-3-5-11(20-2)6-4-10/h3-8H,1-2H3,(H2,17,18). The second-order valence-electron chi connectivity index (χ2n) is 4.59. The van der Waals surface area contributed by atoms with Crippen LogP contribution < -0.4 is 5.73 Å². The van der Waals surface area contributed by atoms with Crippen molar-refractivity contribution in [2.45, 2.75) is 11.8 Å². The first kappa shape index (κ1) is 13.0. The molecule has 2 N–H and O–H groups in total. The summed E-state index contributed by atoms with van der Waals surface area (Å²) in [6.07, 6.45) is 2.03. The Hall–Kier alpha value is -2.01. The Balaban J connectivity index is 2.23. The quantitative estimate of drug-likeness (QED) is 0.729. The average molecular weight is 287 g/mol. The number of hydrogen-bond donors (Lipinski definition) is 1. The van der Waals surface area contributed by atoms with Gasteiger partial charge in [-0.3, -0.25) is 4.57 Å². The van der Waals surface area contributed by atoms with Gasteiger partial charge in [-0.1, -0.05) is 0 Å². The molecular formula is C15H14FN3S. The van der Waals surface area contributed by atoms with Gasteiger partial charge in [-0.15, -0.1) is 11.8 Å². The van der Waals surface area contributed by atoms with Crippen LogP contribution in [-0.2, 0) is 0 Å². The number of halogens is 1. The molecule has 0 atom stereocenters. The first-order chi connectivity index (χ1) is 9.60. The SMILES string of the molecule is CSc1ccc(-n2c(N)nc3cc(F)c(C)cc32)cc1. The fourth-order valence-electron chi connectivity index (χ4n) is 2.22. The zero-order chi connectivity index (χ0) is 14.3. The van der Waals surface area contributed by atoms with Crippen LogP contribution in [0.4, 0.5) is 10.3 Å². The molecule has 20 heavy (non-hydrogen) atoms. The number of benzene rings is 2. The highest BCUT2D eigenvalue weighted by atomic mass is 32.2. The molecule has 0 unspecified atom stereocenters. The number of anilines is 1. The van der Waals surface area contributed by atoms with Crippen LogP contribution in [0, 0.1) is 12.7 Å². The number of fused-ring (bicyclic) bond motifs is 1. The molecule has 0 saturated carbocycles. The topological polar surface area (TPSA) is 43.8 Å². The van der Waals surface area contributed by atoms with E-state index in [1.807, 2.05) is 35.1 Å². The van der Waals surface area contributed by atoms with E-state index in [9.17, 15) is 4.39 Å². The predicted octanol–water partition coefficient (Wildman–Crippen LogP) is 3.78. The Bertz CT molecular complexity index is 778. The van der Waals surface area contributed by atoms with Crippen LogP contribution in [0.2, 0.25) is 0 Å². The van der Waals surface area contributed by atoms with Crippen molar-refractivity contribution in [2.24, 2.45) is 0 Å². The number of aromatic nitrogens is 2. The molecule has 0 fully saturated rings. The summed E-state index contributed by atoms with van der Waals surface area (Å²) >= 11 is 1.68. The van der Waals surface area contributed by atoms with E-state index in [1.54, 1.807) is 24.8 Å². The summed E-state index contributed by atoms with van der Waals surface area (Å²) < 4.78 is 15.4. The van der Waals surface area contributed by atoms with Crippen LogP contribution in [0.1, 0.15) is 5.56 Å². The lowest BCUT2D eigenvalue weighted by molar-refractivity contribution is 0.620. The average Bonchev–Trinajstić information content (AvgIpc) is 2.75. The Morgan fingerprint density at radius 2 is 1.90 bits per heavy atom. The molecule has 0 spiro atoms. The van der Waals surface area contributed by atoms with Gasteiger partial charge in [0.05, 0.1) is 11.0 Å². The van der Waals surface area contributed by atoms with Crippen molar-refractivity contribution in [2.75, 3.05) is 12.0 Å². The minimum Gasteiger partial charge on any atom is -0.369 e. The van der Waals surface area contributed by atoms with Gasteiger partial charge in [-0.05, 0) is 49.1 Å². The van der Waals surface area contributed by atoms with Crippen molar-refractivity contribution in [1.29, 1.82) is 0 Å². The summed E-state index contributed by atoms with van der Waals surface area (Å²) in [6, 6.07) is 11.2. The molecule has 0 aliphatic rings. The van der Waals surface area contributed by atoms with Gasteiger partial charge in [0.2, 0.25) is 5.95 Å².